The van der Waals surface area contributed by atoms with Crippen molar-refractivity contribution < 1.29 is 4.74 Å². The lowest BCUT2D eigenvalue weighted by molar-refractivity contribution is 0.406. The van der Waals surface area contributed by atoms with E-state index in [9.17, 15) is 0 Å². The Balaban J connectivity index is 1.91. The standard InChI is InChI=1S/C12H17NOS/c1-14-12-5-3-2-4-10(12)8-13-11-6-7-15-9-11/h2-5,11,13H,6-9H2,1H3. The van der Waals surface area contributed by atoms with Gasteiger partial charge in [-0.3, -0.25) is 0 Å². The molecule has 1 saturated heterocycles. The molecule has 2 rings (SSSR count). The van der Waals surface area contributed by atoms with E-state index in [0.717, 1.165) is 12.3 Å². The maximum atomic E-state index is 5.32. The lowest BCUT2D eigenvalue weighted by Gasteiger charge is -2.13. The first-order valence-electron chi connectivity index (χ1n) is 5.33. The molecule has 1 unspecified atom stereocenters. The summed E-state index contributed by atoms with van der Waals surface area (Å²) in [4.78, 5) is 0. The number of hydrogen-bond donors (Lipinski definition) is 1. The van der Waals surface area contributed by atoms with Crippen LogP contribution in [-0.4, -0.2) is 24.7 Å². The zero-order valence-electron chi connectivity index (χ0n) is 9.03. The molecule has 0 saturated carbocycles. The third kappa shape index (κ3) is 2.89. The fourth-order valence-corrected chi connectivity index (χ4v) is 2.99. The predicted molar refractivity (Wildman–Crippen MR) is 65.6 cm³/mol. The van der Waals surface area contributed by atoms with Gasteiger partial charge in [-0.1, -0.05) is 18.2 Å². The quantitative estimate of drug-likeness (QED) is 0.846. The van der Waals surface area contributed by atoms with Crippen LogP contribution in [0.3, 0.4) is 0 Å². The summed E-state index contributed by atoms with van der Waals surface area (Å²) in [5.41, 5.74) is 1.25. The first-order valence-corrected chi connectivity index (χ1v) is 6.48. The normalized spacial score (nSPS) is 20.5. The van der Waals surface area contributed by atoms with Gasteiger partial charge in [0.1, 0.15) is 5.75 Å². The van der Waals surface area contributed by atoms with Crippen molar-refractivity contribution in [1.82, 2.24) is 5.32 Å². The van der Waals surface area contributed by atoms with Crippen LogP contribution in [0.15, 0.2) is 24.3 Å². The Hall–Kier alpha value is -0.670. The second-order valence-corrected chi connectivity index (χ2v) is 4.90. The van der Waals surface area contributed by atoms with Crippen LogP contribution in [0.1, 0.15) is 12.0 Å². The highest BCUT2D eigenvalue weighted by Gasteiger charge is 2.14. The fourth-order valence-electron chi connectivity index (χ4n) is 1.80. The third-order valence-electron chi connectivity index (χ3n) is 2.70. The average molecular weight is 223 g/mol. The van der Waals surface area contributed by atoms with Crippen molar-refractivity contribution in [2.75, 3.05) is 18.6 Å². The van der Waals surface area contributed by atoms with Gasteiger partial charge in [0.15, 0.2) is 0 Å². The highest BCUT2D eigenvalue weighted by Crippen LogP contribution is 2.20. The highest BCUT2D eigenvalue weighted by molar-refractivity contribution is 7.99. The number of thioether (sulfide) groups is 1. The molecule has 0 radical (unpaired) electrons. The van der Waals surface area contributed by atoms with E-state index >= 15 is 0 Å². The summed E-state index contributed by atoms with van der Waals surface area (Å²) in [5, 5.41) is 3.57. The maximum Gasteiger partial charge on any atom is 0.123 e. The number of nitrogens with one attached hydrogen (secondary N) is 1. The highest BCUT2D eigenvalue weighted by atomic mass is 32.2. The van der Waals surface area contributed by atoms with Gasteiger partial charge >= 0.3 is 0 Å². The van der Waals surface area contributed by atoms with Crippen LogP contribution < -0.4 is 10.1 Å². The number of rotatable bonds is 4. The molecule has 1 atom stereocenters. The van der Waals surface area contributed by atoms with Crippen LogP contribution in [0.25, 0.3) is 0 Å². The molecule has 0 spiro atoms. The molecule has 0 aliphatic carbocycles. The topological polar surface area (TPSA) is 21.3 Å². The van der Waals surface area contributed by atoms with Crippen molar-refractivity contribution in [3.63, 3.8) is 0 Å². The van der Waals surface area contributed by atoms with Crippen LogP contribution >= 0.6 is 11.8 Å². The maximum absolute atomic E-state index is 5.32. The molecule has 2 nitrogen and oxygen atoms in total. The molecule has 3 heteroatoms. The van der Waals surface area contributed by atoms with Gasteiger partial charge in [0.2, 0.25) is 0 Å². The van der Waals surface area contributed by atoms with Crippen molar-refractivity contribution in [2.24, 2.45) is 0 Å². The van der Waals surface area contributed by atoms with Gasteiger partial charge in [-0.2, -0.15) is 11.8 Å². The van der Waals surface area contributed by atoms with Gasteiger partial charge in [0, 0.05) is 23.9 Å². The lowest BCUT2D eigenvalue weighted by Crippen LogP contribution is -2.28. The molecular formula is C12H17NOS. The average Bonchev–Trinajstić information content (AvgIpc) is 2.79. The molecule has 0 aromatic heterocycles. The molecular weight excluding hydrogens is 206 g/mol. The van der Waals surface area contributed by atoms with Gasteiger partial charge in [0.25, 0.3) is 0 Å². The summed E-state index contributed by atoms with van der Waals surface area (Å²) in [7, 11) is 1.73. The van der Waals surface area contributed by atoms with E-state index in [1.807, 2.05) is 23.9 Å². The van der Waals surface area contributed by atoms with E-state index in [0.29, 0.717) is 6.04 Å². The Kier molecular flexibility index (Phi) is 3.92. The van der Waals surface area contributed by atoms with Crippen molar-refractivity contribution in [1.29, 1.82) is 0 Å². The Morgan fingerprint density at radius 3 is 3.07 bits per heavy atom. The molecule has 1 aliphatic rings. The second-order valence-electron chi connectivity index (χ2n) is 3.75. The molecule has 1 aromatic rings. The van der Waals surface area contributed by atoms with Crippen LogP contribution in [0.2, 0.25) is 0 Å². The van der Waals surface area contributed by atoms with E-state index in [1.54, 1.807) is 7.11 Å². The summed E-state index contributed by atoms with van der Waals surface area (Å²) in [5.74, 6) is 3.52. The van der Waals surface area contributed by atoms with Gasteiger partial charge in [-0.15, -0.1) is 0 Å². The Labute approximate surface area is 95.4 Å². The summed E-state index contributed by atoms with van der Waals surface area (Å²) in [6.07, 6.45) is 1.29. The van der Waals surface area contributed by atoms with E-state index in [-0.39, 0.29) is 0 Å². The van der Waals surface area contributed by atoms with Crippen molar-refractivity contribution in [3.8, 4) is 5.75 Å². The zero-order valence-corrected chi connectivity index (χ0v) is 9.85. The minimum Gasteiger partial charge on any atom is -0.496 e. The van der Waals surface area contributed by atoms with E-state index < -0.39 is 0 Å². The molecule has 15 heavy (non-hydrogen) atoms. The largest absolute Gasteiger partial charge is 0.496 e. The monoisotopic (exact) mass is 223 g/mol. The van der Waals surface area contributed by atoms with Crippen LogP contribution in [-0.2, 0) is 6.54 Å². The van der Waals surface area contributed by atoms with Crippen LogP contribution in [0, 0.1) is 0 Å². The number of benzene rings is 1. The fraction of sp³-hybridized carbons (Fsp3) is 0.500. The third-order valence-corrected chi connectivity index (χ3v) is 3.87. The molecule has 0 bridgehead atoms. The predicted octanol–water partition coefficient (Wildman–Crippen LogP) is 2.29. The first kappa shape index (κ1) is 10.8. The van der Waals surface area contributed by atoms with Crippen LogP contribution in [0.5, 0.6) is 5.75 Å². The minimum atomic E-state index is 0.680. The van der Waals surface area contributed by atoms with Gasteiger partial charge in [-0.25, -0.2) is 0 Å². The lowest BCUT2D eigenvalue weighted by atomic mass is 10.2. The molecule has 1 heterocycles. The minimum absolute atomic E-state index is 0.680. The van der Waals surface area contributed by atoms with E-state index in [4.69, 9.17) is 4.74 Å². The zero-order chi connectivity index (χ0) is 10.5. The Morgan fingerprint density at radius 1 is 1.47 bits per heavy atom. The Morgan fingerprint density at radius 2 is 2.33 bits per heavy atom. The first-order chi connectivity index (χ1) is 7.40. The van der Waals surface area contributed by atoms with Gasteiger partial charge in [0.05, 0.1) is 7.11 Å². The SMILES string of the molecule is COc1ccccc1CNC1CCSC1. The molecule has 1 fully saturated rings. The number of hydrogen-bond acceptors (Lipinski definition) is 3. The summed E-state index contributed by atoms with van der Waals surface area (Å²) < 4.78 is 5.32. The number of ether oxygens (including phenoxy) is 1. The second kappa shape index (κ2) is 5.42. The number of para-hydroxylation sites is 1. The van der Waals surface area contributed by atoms with Crippen molar-refractivity contribution in [3.05, 3.63) is 29.8 Å². The summed E-state index contributed by atoms with van der Waals surface area (Å²) >= 11 is 2.03. The smallest absolute Gasteiger partial charge is 0.123 e. The van der Waals surface area contributed by atoms with E-state index in [1.165, 1.54) is 23.5 Å². The summed E-state index contributed by atoms with van der Waals surface area (Å²) in [6, 6.07) is 8.88. The molecule has 1 aliphatic heterocycles. The van der Waals surface area contributed by atoms with E-state index in [2.05, 4.69) is 17.4 Å². The molecule has 0 amide bonds. The van der Waals surface area contributed by atoms with Crippen LogP contribution in [0.4, 0.5) is 0 Å². The summed E-state index contributed by atoms with van der Waals surface area (Å²) in [6.45, 7) is 0.912. The molecule has 1 N–H and O–H groups in total. The van der Waals surface area contributed by atoms with Gasteiger partial charge < -0.3 is 10.1 Å². The van der Waals surface area contributed by atoms with Gasteiger partial charge in [-0.05, 0) is 18.2 Å². The van der Waals surface area contributed by atoms with Crippen molar-refractivity contribution in [2.45, 2.75) is 19.0 Å². The van der Waals surface area contributed by atoms with Crippen molar-refractivity contribution >= 4 is 11.8 Å². The molecule has 82 valence electrons. The molecule has 1 aromatic carbocycles. The number of methoxy groups -OCH3 is 1. The Bertz CT molecular complexity index is 310.